The molecule has 10 heteroatoms. The molecule has 1 aromatic heterocycles. The van der Waals surface area contributed by atoms with Crippen molar-refractivity contribution in [3.8, 4) is 0 Å². The van der Waals surface area contributed by atoms with Gasteiger partial charge < -0.3 is 20.6 Å². The molecule has 3 N–H and O–H groups in total. The molecule has 7 nitrogen and oxygen atoms in total. The molecular formula is C29H32F2N4O3S. The van der Waals surface area contributed by atoms with Crippen LogP contribution in [0.1, 0.15) is 62.3 Å². The average molecular weight is 555 g/mol. The molecule has 2 aliphatic rings. The third-order valence-electron chi connectivity index (χ3n) is 7.45. The molecule has 206 valence electrons. The van der Waals surface area contributed by atoms with Crippen LogP contribution >= 0.6 is 11.3 Å². The molecule has 4 atom stereocenters. The second kappa shape index (κ2) is 11.5. The number of hydrogen-bond acceptors (Lipinski definition) is 6. The van der Waals surface area contributed by atoms with Crippen LogP contribution in [0, 0.1) is 6.92 Å². The first-order valence-electron chi connectivity index (χ1n) is 13.2. The minimum absolute atomic E-state index is 0.0863. The van der Waals surface area contributed by atoms with Gasteiger partial charge in [0.25, 0.3) is 17.7 Å². The Morgan fingerprint density at radius 2 is 1.97 bits per heavy atom. The number of aryl methyl sites for hydroxylation is 1. The van der Waals surface area contributed by atoms with Gasteiger partial charge in [-0.3, -0.25) is 9.59 Å². The van der Waals surface area contributed by atoms with E-state index >= 15 is 0 Å². The predicted octanol–water partition coefficient (Wildman–Crippen LogP) is 4.13. The van der Waals surface area contributed by atoms with E-state index in [0.717, 1.165) is 29.1 Å². The van der Waals surface area contributed by atoms with Gasteiger partial charge in [0.15, 0.2) is 0 Å². The third-order valence-corrected chi connectivity index (χ3v) is 8.52. The molecule has 3 aromatic rings. The van der Waals surface area contributed by atoms with Gasteiger partial charge in [-0.1, -0.05) is 36.4 Å². The summed E-state index contributed by atoms with van der Waals surface area (Å²) in [4.78, 5) is 33.2. The molecule has 4 unspecified atom stereocenters. The Hall–Kier alpha value is -3.21. The van der Waals surface area contributed by atoms with Crippen molar-refractivity contribution in [2.24, 2.45) is 0 Å². The summed E-state index contributed by atoms with van der Waals surface area (Å²) in [5.74, 6) is -3.82. The van der Waals surface area contributed by atoms with E-state index < -0.39 is 30.0 Å². The molecule has 2 fully saturated rings. The quantitative estimate of drug-likeness (QED) is 0.389. The zero-order valence-electron chi connectivity index (χ0n) is 21.6. The average Bonchev–Trinajstić information content (AvgIpc) is 3.67. The van der Waals surface area contributed by atoms with Crippen LogP contribution < -0.4 is 10.6 Å². The standard InChI is InChI=1S/C29H32F2N4O3S/c1-18-17-39-27(33-18)23-11-6-14-35(23)28(38)21-10-5-9-20(16-21)26(37)34-22(15-19-7-3-2-4-8-19)24(36)25-29(30,31)12-13-32-25/h2-5,7-10,16-17,22-25,32,36H,6,11-15H2,1H3,(H,34,37). The lowest BCUT2D eigenvalue weighted by Crippen LogP contribution is -2.56. The van der Waals surface area contributed by atoms with Gasteiger partial charge in [-0.25, -0.2) is 13.8 Å². The van der Waals surface area contributed by atoms with Crippen LogP contribution in [0.4, 0.5) is 8.78 Å². The Balaban J connectivity index is 1.34. The minimum atomic E-state index is -3.09. The van der Waals surface area contributed by atoms with E-state index in [2.05, 4.69) is 15.6 Å². The summed E-state index contributed by atoms with van der Waals surface area (Å²) >= 11 is 1.54. The first-order chi connectivity index (χ1) is 18.7. The summed E-state index contributed by atoms with van der Waals surface area (Å²) in [6.07, 6.45) is -0.0263. The summed E-state index contributed by atoms with van der Waals surface area (Å²) in [5, 5.41) is 19.3. The van der Waals surface area contributed by atoms with Gasteiger partial charge in [0.2, 0.25) is 0 Å². The number of alkyl halides is 2. The molecule has 0 radical (unpaired) electrons. The fourth-order valence-corrected chi connectivity index (χ4v) is 6.37. The number of carbonyl (C=O) groups is 2. The zero-order chi connectivity index (χ0) is 27.6. The van der Waals surface area contributed by atoms with E-state index in [4.69, 9.17) is 0 Å². The molecular weight excluding hydrogens is 522 g/mol. The lowest BCUT2D eigenvalue weighted by Gasteiger charge is -2.31. The second-order valence-corrected chi connectivity index (χ2v) is 11.2. The first-order valence-corrected chi connectivity index (χ1v) is 14.1. The molecule has 2 saturated heterocycles. The maximum Gasteiger partial charge on any atom is 0.266 e. The number of aliphatic hydroxyl groups excluding tert-OH is 1. The highest BCUT2D eigenvalue weighted by Crippen LogP contribution is 2.35. The second-order valence-electron chi connectivity index (χ2n) is 10.3. The van der Waals surface area contributed by atoms with Crippen LogP contribution in [0.5, 0.6) is 0 Å². The highest BCUT2D eigenvalue weighted by molar-refractivity contribution is 7.09. The number of hydrogen-bond donors (Lipinski definition) is 3. The number of thiazole rings is 1. The van der Waals surface area contributed by atoms with Crippen molar-refractivity contribution < 1.29 is 23.5 Å². The Labute approximate surface area is 230 Å². The number of carbonyl (C=O) groups excluding carboxylic acids is 2. The van der Waals surface area contributed by atoms with Crippen molar-refractivity contribution >= 4 is 23.2 Å². The van der Waals surface area contributed by atoms with Crippen molar-refractivity contribution in [2.75, 3.05) is 13.1 Å². The van der Waals surface area contributed by atoms with E-state index in [0.29, 0.717) is 12.1 Å². The number of rotatable bonds is 8. The summed E-state index contributed by atoms with van der Waals surface area (Å²) in [6, 6.07) is 13.0. The van der Waals surface area contributed by atoms with Crippen molar-refractivity contribution in [1.82, 2.24) is 20.5 Å². The number of aromatic nitrogens is 1. The van der Waals surface area contributed by atoms with E-state index in [-0.39, 0.29) is 36.9 Å². The maximum atomic E-state index is 14.5. The van der Waals surface area contributed by atoms with Crippen molar-refractivity contribution in [2.45, 2.75) is 62.8 Å². The molecule has 5 rings (SSSR count). The third kappa shape index (κ3) is 6.03. The smallest absolute Gasteiger partial charge is 0.266 e. The van der Waals surface area contributed by atoms with Crippen molar-refractivity contribution in [3.63, 3.8) is 0 Å². The van der Waals surface area contributed by atoms with Crippen molar-refractivity contribution in [3.05, 3.63) is 87.4 Å². The van der Waals surface area contributed by atoms with E-state index in [1.165, 1.54) is 6.07 Å². The van der Waals surface area contributed by atoms with Crippen molar-refractivity contribution in [1.29, 1.82) is 0 Å². The van der Waals surface area contributed by atoms with Crippen LogP contribution in [0.15, 0.2) is 60.0 Å². The largest absolute Gasteiger partial charge is 0.389 e. The Morgan fingerprint density at radius 1 is 1.21 bits per heavy atom. The lowest BCUT2D eigenvalue weighted by molar-refractivity contribution is -0.0606. The van der Waals surface area contributed by atoms with Crippen LogP contribution in [0.2, 0.25) is 0 Å². The summed E-state index contributed by atoms with van der Waals surface area (Å²) in [5.41, 5.74) is 2.31. The lowest BCUT2D eigenvalue weighted by atomic mass is 9.93. The maximum absolute atomic E-state index is 14.5. The Morgan fingerprint density at radius 3 is 2.67 bits per heavy atom. The Kier molecular flexibility index (Phi) is 8.06. The molecule has 3 heterocycles. The Bertz CT molecular complexity index is 1320. The van der Waals surface area contributed by atoms with E-state index in [9.17, 15) is 23.5 Å². The van der Waals surface area contributed by atoms with Crippen LogP contribution in [0.3, 0.4) is 0 Å². The first kappa shape index (κ1) is 27.4. The predicted molar refractivity (Wildman–Crippen MR) is 145 cm³/mol. The zero-order valence-corrected chi connectivity index (χ0v) is 22.5. The van der Waals surface area contributed by atoms with Gasteiger partial charge in [0.1, 0.15) is 5.01 Å². The number of aliphatic hydroxyl groups is 1. The molecule has 0 spiro atoms. The van der Waals surface area contributed by atoms with Gasteiger partial charge in [0.05, 0.1) is 24.2 Å². The minimum Gasteiger partial charge on any atom is -0.389 e. The number of likely N-dealkylation sites (tertiary alicyclic amines) is 1. The number of nitrogens with one attached hydrogen (secondary N) is 2. The summed E-state index contributed by atoms with van der Waals surface area (Å²) in [6.45, 7) is 2.62. The van der Waals surface area contributed by atoms with Crippen LogP contribution in [-0.4, -0.2) is 64.0 Å². The monoisotopic (exact) mass is 554 g/mol. The van der Waals surface area contributed by atoms with E-state index in [1.807, 2.05) is 42.6 Å². The molecule has 0 saturated carbocycles. The number of benzene rings is 2. The van der Waals surface area contributed by atoms with Gasteiger partial charge >= 0.3 is 0 Å². The van der Waals surface area contributed by atoms with Gasteiger partial charge in [-0.2, -0.15) is 0 Å². The summed E-state index contributed by atoms with van der Waals surface area (Å²) < 4.78 is 29.0. The number of amides is 2. The fraction of sp³-hybridized carbons (Fsp3) is 0.414. The highest BCUT2D eigenvalue weighted by Gasteiger charge is 2.49. The highest BCUT2D eigenvalue weighted by atomic mass is 32.1. The number of nitrogens with zero attached hydrogens (tertiary/aromatic N) is 2. The molecule has 2 aromatic carbocycles. The SMILES string of the molecule is Cc1csc(C2CCCN2C(=O)c2cccc(C(=O)NC(Cc3ccccc3)C(O)C3NCCC3(F)F)c2)n1. The van der Waals surface area contributed by atoms with Crippen LogP contribution in [0.25, 0.3) is 0 Å². The van der Waals surface area contributed by atoms with Crippen LogP contribution in [-0.2, 0) is 6.42 Å². The molecule has 0 aliphatic carbocycles. The summed E-state index contributed by atoms with van der Waals surface area (Å²) in [7, 11) is 0. The normalized spacial score (nSPS) is 22.0. The number of halogens is 2. The van der Waals surface area contributed by atoms with Gasteiger partial charge in [-0.15, -0.1) is 11.3 Å². The molecule has 39 heavy (non-hydrogen) atoms. The van der Waals surface area contributed by atoms with E-state index in [1.54, 1.807) is 34.4 Å². The molecule has 2 aliphatic heterocycles. The van der Waals surface area contributed by atoms with Gasteiger partial charge in [-0.05, 0) is 49.9 Å². The fourth-order valence-electron chi connectivity index (χ4n) is 5.43. The topological polar surface area (TPSA) is 94.6 Å². The molecule has 2 amide bonds. The van der Waals surface area contributed by atoms with Gasteiger partial charge in [0, 0.05) is 41.7 Å². The molecule has 0 bridgehead atoms.